The number of nitrogens with zero attached hydrogens (tertiary/aromatic N) is 5. The van der Waals surface area contributed by atoms with E-state index in [9.17, 15) is 4.79 Å². The maximum Gasteiger partial charge on any atom is 0.274 e. The predicted octanol–water partition coefficient (Wildman–Crippen LogP) is 3.57. The summed E-state index contributed by atoms with van der Waals surface area (Å²) < 4.78 is 7.06. The Morgan fingerprint density at radius 1 is 1.34 bits per heavy atom. The van der Waals surface area contributed by atoms with Crippen LogP contribution in [0.2, 0.25) is 0 Å². The largest absolute Gasteiger partial charge is 0.339 e. The van der Waals surface area contributed by atoms with Gasteiger partial charge in [-0.05, 0) is 37.1 Å². The number of imidazole rings is 1. The zero-order valence-corrected chi connectivity index (χ0v) is 15.5. The van der Waals surface area contributed by atoms with Crippen LogP contribution in [-0.4, -0.2) is 25.4 Å². The fourth-order valence-electron chi connectivity index (χ4n) is 3.30. The van der Waals surface area contributed by atoms with Gasteiger partial charge in [-0.1, -0.05) is 23.4 Å². The number of anilines is 1. The summed E-state index contributed by atoms with van der Waals surface area (Å²) >= 11 is 0. The second kappa shape index (κ2) is 6.56. The number of hydrogen-bond acceptors (Lipinski definition) is 6. The molecule has 0 bridgehead atoms. The highest BCUT2D eigenvalue weighted by atomic mass is 16.5. The van der Waals surface area contributed by atoms with Gasteiger partial charge in [0.25, 0.3) is 5.91 Å². The number of carbonyl (C=O) groups is 1. The van der Waals surface area contributed by atoms with Crippen LogP contribution in [0.25, 0.3) is 17.0 Å². The third-order valence-electron chi connectivity index (χ3n) is 5.11. The van der Waals surface area contributed by atoms with Crippen LogP contribution in [0.15, 0.2) is 53.3 Å². The predicted molar refractivity (Wildman–Crippen MR) is 104 cm³/mol. The fourth-order valence-corrected chi connectivity index (χ4v) is 3.30. The first-order valence-electron chi connectivity index (χ1n) is 9.22. The number of rotatable bonds is 4. The van der Waals surface area contributed by atoms with E-state index in [4.69, 9.17) is 9.78 Å². The molecule has 1 N–H and O–H groups in total. The second-order valence-electron chi connectivity index (χ2n) is 7.09. The zero-order valence-electron chi connectivity index (χ0n) is 15.5. The van der Waals surface area contributed by atoms with Crippen molar-refractivity contribution in [2.75, 3.05) is 5.32 Å². The normalized spacial score (nSPS) is 17.8. The molecule has 2 atom stereocenters. The topological polar surface area (TPSA) is 109 Å². The third kappa shape index (κ3) is 3.02. The van der Waals surface area contributed by atoms with E-state index in [-0.39, 0.29) is 17.7 Å². The minimum atomic E-state index is -0.257. The number of aromatic nitrogens is 4. The molecule has 0 aliphatic heterocycles. The maximum absolute atomic E-state index is 12.8. The van der Waals surface area contributed by atoms with E-state index in [2.05, 4.69) is 26.5 Å². The van der Waals surface area contributed by atoms with Gasteiger partial charge >= 0.3 is 0 Å². The van der Waals surface area contributed by atoms with E-state index in [1.165, 1.54) is 0 Å². The molecule has 142 valence electrons. The molecule has 8 nitrogen and oxygen atoms in total. The summed E-state index contributed by atoms with van der Waals surface area (Å²) in [5.41, 5.74) is 3.45. The van der Waals surface area contributed by atoms with Crippen molar-refractivity contribution >= 4 is 17.2 Å². The van der Waals surface area contributed by atoms with Gasteiger partial charge < -0.3 is 9.84 Å². The molecule has 3 heterocycles. The number of pyridine rings is 1. The average Bonchev–Trinajstić information content (AvgIpc) is 3.15. The molecule has 1 saturated carbocycles. The fraction of sp³-hybridized carbons (Fsp3) is 0.190. The van der Waals surface area contributed by atoms with Crippen molar-refractivity contribution in [1.82, 2.24) is 19.5 Å². The Morgan fingerprint density at radius 2 is 2.24 bits per heavy atom. The lowest BCUT2D eigenvalue weighted by Crippen LogP contribution is -2.15. The highest BCUT2D eigenvalue weighted by Crippen LogP contribution is 2.46. The van der Waals surface area contributed by atoms with Crippen molar-refractivity contribution in [3.63, 3.8) is 0 Å². The van der Waals surface area contributed by atoms with E-state index < -0.39 is 0 Å². The first-order valence-corrected chi connectivity index (χ1v) is 9.22. The molecule has 1 aliphatic rings. The Morgan fingerprint density at radius 3 is 3.07 bits per heavy atom. The molecule has 0 saturated heterocycles. The maximum atomic E-state index is 12.8. The average molecular weight is 384 g/mol. The van der Waals surface area contributed by atoms with Crippen molar-refractivity contribution in [2.45, 2.75) is 19.3 Å². The smallest absolute Gasteiger partial charge is 0.274 e. The molecule has 29 heavy (non-hydrogen) atoms. The van der Waals surface area contributed by atoms with Gasteiger partial charge in [-0.3, -0.25) is 9.20 Å². The number of nitriles is 1. The van der Waals surface area contributed by atoms with Crippen molar-refractivity contribution < 1.29 is 9.32 Å². The Bertz CT molecular complexity index is 1280. The van der Waals surface area contributed by atoms with Gasteiger partial charge in [0.05, 0.1) is 24.1 Å². The van der Waals surface area contributed by atoms with Gasteiger partial charge in [-0.15, -0.1) is 0 Å². The highest BCUT2D eigenvalue weighted by Gasteiger charge is 2.43. The summed E-state index contributed by atoms with van der Waals surface area (Å²) in [6, 6.07) is 13.4. The molecule has 3 aromatic heterocycles. The molecular weight excluding hydrogens is 368 g/mol. The standard InChI is InChI=1S/C21H16N6O2/c1-12-5-6-13(19-25-21(29-26-19)15-8-14(15)10-22)9-16(12)24-20(28)17-11-23-18-4-2-3-7-27(17)18/h2-7,9,11,14-15H,8H2,1H3,(H,24,28)/t14-,15+/m0/s1. The van der Waals surface area contributed by atoms with Crippen LogP contribution < -0.4 is 5.32 Å². The lowest BCUT2D eigenvalue weighted by Gasteiger charge is -2.09. The van der Waals surface area contributed by atoms with E-state index in [0.29, 0.717) is 28.7 Å². The van der Waals surface area contributed by atoms with Crippen molar-refractivity contribution in [1.29, 1.82) is 5.26 Å². The van der Waals surface area contributed by atoms with Crippen LogP contribution in [-0.2, 0) is 0 Å². The Balaban J connectivity index is 1.41. The number of fused-ring (bicyclic) bond motifs is 1. The minimum absolute atomic E-state index is 0.0287. The Labute approximate surface area is 165 Å². The van der Waals surface area contributed by atoms with Crippen LogP contribution in [0.1, 0.15) is 34.3 Å². The first kappa shape index (κ1) is 17.1. The molecular formula is C21H16N6O2. The second-order valence-corrected chi connectivity index (χ2v) is 7.09. The molecule has 1 aliphatic carbocycles. The number of hydrogen-bond donors (Lipinski definition) is 1. The first-order chi connectivity index (χ1) is 14.1. The quantitative estimate of drug-likeness (QED) is 0.576. The van der Waals surface area contributed by atoms with Gasteiger partial charge in [0.2, 0.25) is 11.7 Å². The van der Waals surface area contributed by atoms with Gasteiger partial charge in [-0.25, -0.2) is 4.98 Å². The summed E-state index contributed by atoms with van der Waals surface area (Å²) in [5, 5.41) is 15.9. The zero-order chi connectivity index (χ0) is 20.0. The minimum Gasteiger partial charge on any atom is -0.339 e. The lowest BCUT2D eigenvalue weighted by molar-refractivity contribution is 0.102. The van der Waals surface area contributed by atoms with Gasteiger partial charge in [0.15, 0.2) is 0 Å². The van der Waals surface area contributed by atoms with Crippen LogP contribution in [0, 0.1) is 24.2 Å². The number of benzene rings is 1. The van der Waals surface area contributed by atoms with E-state index in [1.807, 2.05) is 43.3 Å². The summed E-state index contributed by atoms with van der Waals surface area (Å²) in [4.78, 5) is 21.5. The van der Waals surface area contributed by atoms with Crippen molar-refractivity contribution in [3.8, 4) is 17.5 Å². The lowest BCUT2D eigenvalue weighted by atomic mass is 10.1. The number of amides is 1. The van der Waals surface area contributed by atoms with Crippen LogP contribution in [0.3, 0.4) is 0 Å². The molecule has 4 aromatic rings. The molecule has 1 aromatic carbocycles. The van der Waals surface area contributed by atoms with E-state index >= 15 is 0 Å². The molecule has 0 spiro atoms. The van der Waals surface area contributed by atoms with Crippen molar-refractivity contribution in [2.24, 2.45) is 5.92 Å². The van der Waals surface area contributed by atoms with Crippen molar-refractivity contribution in [3.05, 3.63) is 65.9 Å². The highest BCUT2D eigenvalue weighted by molar-refractivity contribution is 6.04. The SMILES string of the molecule is Cc1ccc(-c2noc([C@@H]3C[C@H]3C#N)n2)cc1NC(=O)c1cnc2ccccn12. The van der Waals surface area contributed by atoms with Gasteiger partial charge in [0.1, 0.15) is 11.3 Å². The molecule has 8 heteroatoms. The van der Waals surface area contributed by atoms with E-state index in [0.717, 1.165) is 17.5 Å². The van der Waals surface area contributed by atoms with Gasteiger partial charge in [0, 0.05) is 17.4 Å². The molecule has 1 amide bonds. The van der Waals surface area contributed by atoms with Crippen LogP contribution in [0.5, 0.6) is 0 Å². The molecule has 0 radical (unpaired) electrons. The van der Waals surface area contributed by atoms with Crippen LogP contribution in [0.4, 0.5) is 5.69 Å². The summed E-state index contributed by atoms with van der Waals surface area (Å²) in [6.45, 7) is 1.91. The summed E-state index contributed by atoms with van der Waals surface area (Å²) in [5.74, 6) is 0.660. The summed E-state index contributed by atoms with van der Waals surface area (Å²) in [6.07, 6.45) is 4.11. The number of carbonyl (C=O) groups excluding carboxylic acids is 1. The third-order valence-corrected chi connectivity index (χ3v) is 5.11. The monoisotopic (exact) mass is 384 g/mol. The van der Waals surface area contributed by atoms with Gasteiger partial charge in [-0.2, -0.15) is 10.2 Å². The number of aryl methyl sites for hydroxylation is 1. The Kier molecular flexibility index (Phi) is 3.88. The molecule has 5 rings (SSSR count). The van der Waals surface area contributed by atoms with E-state index in [1.54, 1.807) is 16.8 Å². The number of nitrogens with one attached hydrogen (secondary N) is 1. The summed E-state index contributed by atoms with van der Waals surface area (Å²) in [7, 11) is 0. The molecule has 1 fully saturated rings. The Hall–Kier alpha value is -3.99. The van der Waals surface area contributed by atoms with Crippen LogP contribution >= 0.6 is 0 Å². The molecule has 0 unspecified atom stereocenters.